The summed E-state index contributed by atoms with van der Waals surface area (Å²) in [6, 6.07) is 11.1. The summed E-state index contributed by atoms with van der Waals surface area (Å²) in [6.45, 7) is -0.523. The van der Waals surface area contributed by atoms with Crippen LogP contribution in [0.4, 0.5) is 0 Å². The fourth-order valence-electron chi connectivity index (χ4n) is 2.83. The summed E-state index contributed by atoms with van der Waals surface area (Å²) in [5.41, 5.74) is 0.680. The topological polar surface area (TPSA) is 142 Å². The number of carbonyl (C=O) groups excluding carboxylic acids is 1. The van der Waals surface area contributed by atoms with Gasteiger partial charge in [-0.1, -0.05) is 0 Å². The van der Waals surface area contributed by atoms with E-state index >= 15 is 0 Å². The van der Waals surface area contributed by atoms with Gasteiger partial charge in [-0.3, -0.25) is 4.79 Å². The van der Waals surface area contributed by atoms with Gasteiger partial charge in [0.1, 0.15) is 6.04 Å². The van der Waals surface area contributed by atoms with E-state index in [1.807, 2.05) is 12.1 Å². The number of nitrogens with zero attached hydrogens (tertiary/aromatic N) is 3. The number of carbonyl (C=O) groups is 1. The van der Waals surface area contributed by atoms with E-state index in [0.29, 0.717) is 28.4 Å². The molecule has 0 aliphatic heterocycles. The average Bonchev–Trinajstić information content (AvgIpc) is 2.81. The number of nitriles is 2. The van der Waals surface area contributed by atoms with Gasteiger partial charge < -0.3 is 19.5 Å². The molecule has 0 bridgehead atoms. The monoisotopic (exact) mass is 458 g/mol. The lowest BCUT2D eigenvalue weighted by atomic mass is 10.1. The first-order valence-corrected chi connectivity index (χ1v) is 10.6. The predicted molar refractivity (Wildman–Crippen MR) is 114 cm³/mol. The second-order valence-corrected chi connectivity index (χ2v) is 8.53. The molecule has 0 fully saturated rings. The molecule has 0 saturated heterocycles. The minimum atomic E-state index is -3.97. The zero-order valence-electron chi connectivity index (χ0n) is 17.9. The van der Waals surface area contributed by atoms with Crippen LogP contribution in [0.3, 0.4) is 0 Å². The fourth-order valence-corrected chi connectivity index (χ4v) is 3.96. The molecule has 1 unspecified atom stereocenters. The number of benzene rings is 2. The van der Waals surface area contributed by atoms with Gasteiger partial charge in [-0.15, -0.1) is 0 Å². The molecule has 10 nitrogen and oxygen atoms in total. The minimum Gasteiger partial charge on any atom is -0.493 e. The summed E-state index contributed by atoms with van der Waals surface area (Å²) in [5.74, 6) is 0.244. The normalized spacial score (nSPS) is 11.7. The van der Waals surface area contributed by atoms with Gasteiger partial charge >= 0.3 is 0 Å². The van der Waals surface area contributed by atoms with Crippen molar-refractivity contribution in [3.8, 4) is 29.4 Å². The van der Waals surface area contributed by atoms with E-state index < -0.39 is 28.5 Å². The van der Waals surface area contributed by atoms with Gasteiger partial charge in [0.2, 0.25) is 21.7 Å². The minimum absolute atomic E-state index is 0.0618. The number of ether oxygens (including phenoxy) is 3. The number of methoxy groups -OCH3 is 3. The maximum atomic E-state index is 12.7. The molecule has 1 atom stereocenters. The molecule has 32 heavy (non-hydrogen) atoms. The van der Waals surface area contributed by atoms with Crippen LogP contribution < -0.4 is 19.5 Å². The highest BCUT2D eigenvalue weighted by Crippen LogP contribution is 2.39. The van der Waals surface area contributed by atoms with Crippen molar-refractivity contribution in [1.29, 1.82) is 10.5 Å². The quantitative estimate of drug-likeness (QED) is 0.597. The van der Waals surface area contributed by atoms with Gasteiger partial charge in [-0.05, 0) is 42.0 Å². The summed E-state index contributed by atoms with van der Waals surface area (Å²) in [7, 11) is 1.55. The van der Waals surface area contributed by atoms with E-state index in [4.69, 9.17) is 19.5 Å². The first-order valence-electron chi connectivity index (χ1n) is 9.17. The van der Waals surface area contributed by atoms with Crippen LogP contribution in [0.5, 0.6) is 17.2 Å². The van der Waals surface area contributed by atoms with Gasteiger partial charge in [0.15, 0.2) is 11.5 Å². The molecule has 2 rings (SSSR count). The molecule has 1 amide bonds. The first kappa shape index (κ1) is 24.5. The molecule has 1 N–H and O–H groups in total. The highest BCUT2D eigenvalue weighted by atomic mass is 32.2. The van der Waals surface area contributed by atoms with Crippen molar-refractivity contribution in [1.82, 2.24) is 9.62 Å². The molecular weight excluding hydrogens is 436 g/mol. The average molecular weight is 458 g/mol. The molecule has 0 spiro atoms. The Kier molecular flexibility index (Phi) is 8.02. The SMILES string of the molecule is COc1cc(C(C#N)NC(=O)CN(C)S(=O)(=O)c2ccc(C#N)cc2)cc(OC)c1OC. The summed E-state index contributed by atoms with van der Waals surface area (Å²) >= 11 is 0. The lowest BCUT2D eigenvalue weighted by Crippen LogP contribution is -2.39. The highest BCUT2D eigenvalue weighted by molar-refractivity contribution is 7.89. The zero-order valence-corrected chi connectivity index (χ0v) is 18.8. The maximum absolute atomic E-state index is 12.7. The third kappa shape index (κ3) is 5.27. The van der Waals surface area contributed by atoms with Crippen molar-refractivity contribution >= 4 is 15.9 Å². The van der Waals surface area contributed by atoms with Crippen LogP contribution >= 0.6 is 0 Å². The smallest absolute Gasteiger partial charge is 0.243 e. The Bertz CT molecular complexity index is 1140. The van der Waals surface area contributed by atoms with E-state index in [1.165, 1.54) is 64.8 Å². The van der Waals surface area contributed by atoms with Crippen LogP contribution in [0.2, 0.25) is 0 Å². The Labute approximate surface area is 186 Å². The van der Waals surface area contributed by atoms with Crippen LogP contribution in [0, 0.1) is 22.7 Å². The largest absolute Gasteiger partial charge is 0.493 e. The van der Waals surface area contributed by atoms with Gasteiger partial charge in [0.05, 0.1) is 50.5 Å². The van der Waals surface area contributed by atoms with Crippen molar-refractivity contribution < 1.29 is 27.4 Å². The highest BCUT2D eigenvalue weighted by Gasteiger charge is 2.25. The van der Waals surface area contributed by atoms with Crippen LogP contribution in [-0.2, 0) is 14.8 Å². The molecule has 11 heteroatoms. The summed E-state index contributed by atoms with van der Waals surface area (Å²) < 4.78 is 42.0. The summed E-state index contributed by atoms with van der Waals surface area (Å²) in [4.78, 5) is 12.4. The molecule has 168 valence electrons. The molecular formula is C21H22N4O6S. The molecule has 0 aliphatic rings. The molecule has 0 aliphatic carbocycles. The van der Waals surface area contributed by atoms with E-state index in [0.717, 1.165) is 4.31 Å². The lowest BCUT2D eigenvalue weighted by Gasteiger charge is -2.20. The standard InChI is InChI=1S/C21H22N4O6S/c1-25(32(27,28)16-7-5-14(11-22)6-8-16)13-20(26)24-17(12-23)15-9-18(29-2)21(31-4)19(10-15)30-3/h5-10,17H,13H2,1-4H3,(H,24,26). The Balaban J connectivity index is 2.20. The Hall–Kier alpha value is -3.80. The lowest BCUT2D eigenvalue weighted by molar-refractivity contribution is -0.121. The fraction of sp³-hybridized carbons (Fsp3) is 0.286. The van der Waals surface area contributed by atoms with Gasteiger partial charge in [-0.25, -0.2) is 8.42 Å². The Morgan fingerprint density at radius 3 is 2.06 bits per heavy atom. The maximum Gasteiger partial charge on any atom is 0.243 e. The van der Waals surface area contributed by atoms with E-state index in [-0.39, 0.29) is 4.90 Å². The number of hydrogen-bond donors (Lipinski definition) is 1. The number of amides is 1. The Morgan fingerprint density at radius 2 is 1.62 bits per heavy atom. The van der Waals surface area contributed by atoms with Gasteiger partial charge in [0.25, 0.3) is 0 Å². The van der Waals surface area contributed by atoms with Crippen LogP contribution in [-0.4, -0.2) is 53.6 Å². The third-order valence-corrected chi connectivity index (χ3v) is 6.33. The summed E-state index contributed by atoms with van der Waals surface area (Å²) in [5, 5.41) is 20.9. The van der Waals surface area contributed by atoms with Crippen molar-refractivity contribution in [2.75, 3.05) is 34.9 Å². The second kappa shape index (κ2) is 10.5. The van der Waals surface area contributed by atoms with Crippen molar-refractivity contribution in [2.45, 2.75) is 10.9 Å². The van der Waals surface area contributed by atoms with Crippen LogP contribution in [0.25, 0.3) is 0 Å². The van der Waals surface area contributed by atoms with Gasteiger partial charge in [-0.2, -0.15) is 14.8 Å². The zero-order chi connectivity index (χ0) is 23.9. The number of nitrogens with one attached hydrogen (secondary N) is 1. The molecule has 0 aromatic heterocycles. The predicted octanol–water partition coefficient (Wildman–Crippen LogP) is 1.59. The third-order valence-electron chi connectivity index (χ3n) is 4.51. The van der Waals surface area contributed by atoms with Crippen molar-refractivity contribution in [3.63, 3.8) is 0 Å². The summed E-state index contributed by atoms with van der Waals surface area (Å²) in [6.07, 6.45) is 0. The van der Waals surface area contributed by atoms with Crippen molar-refractivity contribution in [3.05, 3.63) is 47.5 Å². The van der Waals surface area contributed by atoms with E-state index in [9.17, 15) is 18.5 Å². The second-order valence-electron chi connectivity index (χ2n) is 6.49. The molecule has 2 aromatic carbocycles. The van der Waals surface area contributed by atoms with Crippen LogP contribution in [0.1, 0.15) is 17.2 Å². The number of hydrogen-bond acceptors (Lipinski definition) is 8. The van der Waals surface area contributed by atoms with Gasteiger partial charge in [0, 0.05) is 7.05 Å². The van der Waals surface area contributed by atoms with Crippen LogP contribution in [0.15, 0.2) is 41.3 Å². The number of sulfonamides is 1. The molecule has 2 aromatic rings. The molecule has 0 heterocycles. The van der Waals surface area contributed by atoms with E-state index in [2.05, 4.69) is 5.32 Å². The molecule has 0 saturated carbocycles. The van der Waals surface area contributed by atoms with Crippen molar-refractivity contribution in [2.24, 2.45) is 0 Å². The first-order chi connectivity index (χ1) is 15.2. The van der Waals surface area contributed by atoms with E-state index in [1.54, 1.807) is 0 Å². The molecule has 0 radical (unpaired) electrons. The number of likely N-dealkylation sites (N-methyl/N-ethyl adjacent to an activating group) is 1. The Morgan fingerprint density at radius 1 is 1.06 bits per heavy atom. The number of rotatable bonds is 9.